The van der Waals surface area contributed by atoms with Crippen molar-refractivity contribution in [2.24, 2.45) is 0 Å². The van der Waals surface area contributed by atoms with E-state index in [-0.39, 0.29) is 0 Å². The van der Waals surface area contributed by atoms with E-state index in [1.54, 1.807) is 0 Å². The van der Waals surface area contributed by atoms with Crippen LogP contribution < -0.4 is 4.23 Å². The molecular formula is C6H8F3NO3SSi. The molecule has 4 nitrogen and oxygen atoms in total. The van der Waals surface area contributed by atoms with Crippen molar-refractivity contribution in [2.45, 2.75) is 5.51 Å². The van der Waals surface area contributed by atoms with Crippen LogP contribution in [0.3, 0.4) is 0 Å². The Morgan fingerprint density at radius 2 is 1.47 bits per heavy atom. The summed E-state index contributed by atoms with van der Waals surface area (Å²) in [5.74, 6) is 0. The van der Waals surface area contributed by atoms with Gasteiger partial charge in [-0.05, 0) is 12.1 Å². The van der Waals surface area contributed by atoms with Gasteiger partial charge >= 0.3 is 15.9 Å². The second-order valence-electron chi connectivity index (χ2n) is 2.44. The second kappa shape index (κ2) is 5.23. The molecule has 0 atom stereocenters. The van der Waals surface area contributed by atoms with Crippen LogP contribution >= 0.6 is 0 Å². The largest absolute Gasteiger partial charge is 0.741 e. The van der Waals surface area contributed by atoms with E-state index in [1.165, 1.54) is 0 Å². The number of alkyl halides is 3. The second-order valence-corrected chi connectivity index (χ2v) is 4.84. The highest BCUT2D eigenvalue weighted by molar-refractivity contribution is 7.86. The van der Waals surface area contributed by atoms with Crippen molar-refractivity contribution in [1.82, 2.24) is 0 Å². The van der Waals surface area contributed by atoms with Crippen LogP contribution in [0.1, 0.15) is 0 Å². The molecule has 0 aliphatic rings. The number of rotatable bonds is 0. The minimum absolute atomic E-state index is 1.09. The van der Waals surface area contributed by atoms with Crippen molar-refractivity contribution >= 4 is 20.5 Å². The molecule has 1 heterocycles. The van der Waals surface area contributed by atoms with Gasteiger partial charge in [0, 0.05) is 0 Å². The SMILES string of the molecule is O=S(=O)([O-])C(F)(F)F.[SiH3][n+]1ccccc1. The average Bonchev–Trinajstić information content (AvgIpc) is 2.02. The van der Waals surface area contributed by atoms with Crippen molar-refractivity contribution in [3.05, 3.63) is 30.6 Å². The fourth-order valence-electron chi connectivity index (χ4n) is 0.485. The monoisotopic (exact) mass is 259 g/mol. The highest BCUT2D eigenvalue weighted by Gasteiger charge is 2.36. The number of nitrogens with zero attached hydrogens (tertiary/aromatic N) is 1. The van der Waals surface area contributed by atoms with E-state index >= 15 is 0 Å². The summed E-state index contributed by atoms with van der Waals surface area (Å²) in [6.07, 6.45) is 4.12. The Hall–Kier alpha value is -0.933. The molecule has 0 saturated carbocycles. The van der Waals surface area contributed by atoms with E-state index in [4.69, 9.17) is 13.0 Å². The molecule has 0 spiro atoms. The van der Waals surface area contributed by atoms with Gasteiger partial charge < -0.3 is 4.55 Å². The van der Waals surface area contributed by atoms with Gasteiger partial charge in [0.1, 0.15) is 12.4 Å². The van der Waals surface area contributed by atoms with Gasteiger partial charge in [0.25, 0.3) is 0 Å². The van der Waals surface area contributed by atoms with Crippen molar-refractivity contribution in [1.29, 1.82) is 0 Å². The molecule has 1 rings (SSSR count). The maximum absolute atomic E-state index is 10.7. The lowest BCUT2D eigenvalue weighted by atomic mass is 10.5. The van der Waals surface area contributed by atoms with Gasteiger partial charge in [-0.3, -0.25) is 4.23 Å². The van der Waals surface area contributed by atoms with Gasteiger partial charge in [0.2, 0.25) is 0 Å². The first-order chi connectivity index (χ1) is 6.64. The summed E-state index contributed by atoms with van der Waals surface area (Å²) in [7, 11) is -5.00. The zero-order chi connectivity index (χ0) is 12.1. The summed E-state index contributed by atoms with van der Waals surface area (Å²) in [4.78, 5) is 0. The van der Waals surface area contributed by atoms with E-state index in [0.29, 0.717) is 0 Å². The predicted molar refractivity (Wildman–Crippen MR) is 47.7 cm³/mol. The molecule has 0 bridgehead atoms. The quantitative estimate of drug-likeness (QED) is 0.346. The van der Waals surface area contributed by atoms with Gasteiger partial charge in [0.15, 0.2) is 10.1 Å². The molecule has 15 heavy (non-hydrogen) atoms. The van der Waals surface area contributed by atoms with Crippen molar-refractivity contribution in [3.8, 4) is 0 Å². The summed E-state index contributed by atoms with van der Waals surface area (Å²) in [5, 5.41) is 0. The minimum atomic E-state index is -6.09. The average molecular weight is 259 g/mol. The molecule has 0 amide bonds. The summed E-state index contributed by atoms with van der Waals surface area (Å²) in [6, 6.07) is 6.09. The van der Waals surface area contributed by atoms with Crippen LogP contribution in [0.5, 0.6) is 0 Å². The Morgan fingerprint density at radius 1 is 1.13 bits per heavy atom. The summed E-state index contributed by atoms with van der Waals surface area (Å²) in [6.45, 7) is 0. The molecule has 0 aliphatic heterocycles. The van der Waals surface area contributed by atoms with Gasteiger partial charge in [0.05, 0.1) is 0 Å². The molecule has 0 N–H and O–H groups in total. The Kier molecular flexibility index (Phi) is 4.91. The van der Waals surface area contributed by atoms with E-state index in [9.17, 15) is 13.2 Å². The van der Waals surface area contributed by atoms with E-state index in [0.717, 1.165) is 10.4 Å². The zero-order valence-corrected chi connectivity index (χ0v) is 10.4. The molecule has 9 heteroatoms. The number of aromatic nitrogens is 1. The Morgan fingerprint density at radius 3 is 1.60 bits per heavy atom. The Labute approximate surface area is 87.6 Å². The van der Waals surface area contributed by atoms with Crippen molar-refractivity contribution in [3.63, 3.8) is 0 Å². The smallest absolute Gasteiger partial charge is 0.485 e. The third-order valence-electron chi connectivity index (χ3n) is 1.15. The number of hydrogen-bond acceptors (Lipinski definition) is 3. The normalized spacial score (nSPS) is 11.7. The minimum Gasteiger partial charge on any atom is -0.741 e. The summed E-state index contributed by atoms with van der Waals surface area (Å²) < 4.78 is 61.0. The number of pyridine rings is 1. The van der Waals surface area contributed by atoms with Crippen LogP contribution in [-0.4, -0.2) is 28.9 Å². The summed E-state index contributed by atoms with van der Waals surface area (Å²) in [5.41, 5.74) is -5.65. The van der Waals surface area contributed by atoms with Crippen LogP contribution in [0.25, 0.3) is 0 Å². The van der Waals surface area contributed by atoms with Crippen LogP contribution in [0.4, 0.5) is 13.2 Å². The Balaban J connectivity index is 0.000000262. The molecule has 0 fully saturated rings. The van der Waals surface area contributed by atoms with Gasteiger partial charge in [-0.25, -0.2) is 8.42 Å². The molecule has 1 aromatic rings. The van der Waals surface area contributed by atoms with Gasteiger partial charge in [-0.15, -0.1) is 0 Å². The lowest BCUT2D eigenvalue weighted by Gasteiger charge is -2.08. The number of halogens is 3. The van der Waals surface area contributed by atoms with Crippen LogP contribution in [0, 0.1) is 0 Å². The standard InChI is InChI=1S/C5H8NSi.CHF3O3S/c7-6-4-2-1-3-5-6;2-1(3,4)8(5,6)7/h1-5H,7H3;(H,5,6,7)/q+1;/p-1. The van der Waals surface area contributed by atoms with Crippen LogP contribution in [-0.2, 0) is 10.1 Å². The van der Waals surface area contributed by atoms with Gasteiger partial charge in [-0.1, -0.05) is 6.07 Å². The lowest BCUT2D eigenvalue weighted by Crippen LogP contribution is -2.28. The molecule has 0 aliphatic carbocycles. The zero-order valence-electron chi connectivity index (χ0n) is 7.60. The molecule has 0 radical (unpaired) electrons. The van der Waals surface area contributed by atoms with E-state index in [2.05, 4.69) is 16.6 Å². The van der Waals surface area contributed by atoms with Gasteiger partial charge in [-0.2, -0.15) is 13.2 Å². The van der Waals surface area contributed by atoms with Crippen LogP contribution in [0.2, 0.25) is 0 Å². The maximum atomic E-state index is 10.7. The first-order valence-electron chi connectivity index (χ1n) is 3.57. The topological polar surface area (TPSA) is 61.1 Å². The first-order valence-corrected chi connectivity index (χ1v) is 5.87. The maximum Gasteiger partial charge on any atom is 0.485 e. The number of hydrogen-bond donors (Lipinski definition) is 0. The van der Waals surface area contributed by atoms with E-state index < -0.39 is 15.6 Å². The van der Waals surface area contributed by atoms with Crippen molar-refractivity contribution in [2.75, 3.05) is 0 Å². The molecule has 0 unspecified atom stereocenters. The first kappa shape index (κ1) is 14.1. The third kappa shape index (κ3) is 6.20. The molecule has 1 aromatic heterocycles. The lowest BCUT2D eigenvalue weighted by molar-refractivity contribution is -0.521. The predicted octanol–water partition coefficient (Wildman–Crippen LogP) is -0.846. The summed E-state index contributed by atoms with van der Waals surface area (Å²) >= 11 is 0. The molecule has 0 saturated heterocycles. The highest BCUT2D eigenvalue weighted by Crippen LogP contribution is 2.20. The molecule has 0 aromatic carbocycles. The van der Waals surface area contributed by atoms with E-state index in [1.807, 2.05) is 18.2 Å². The Bertz CT molecular complexity index is 392. The molecule has 86 valence electrons. The fraction of sp³-hybridized carbons (Fsp3) is 0.167. The van der Waals surface area contributed by atoms with Crippen LogP contribution in [0.15, 0.2) is 30.6 Å². The molecular weight excluding hydrogens is 251 g/mol. The third-order valence-corrected chi connectivity index (χ3v) is 2.31. The van der Waals surface area contributed by atoms with Crippen molar-refractivity contribution < 1.29 is 30.4 Å². The fourth-order valence-corrected chi connectivity index (χ4v) is 0.829. The highest BCUT2D eigenvalue weighted by atomic mass is 32.2.